The van der Waals surface area contributed by atoms with Crippen LogP contribution in [0.15, 0.2) is 66.1 Å². The number of carbonyl (C=O) groups excluding carboxylic acids is 1. The molecule has 23 heavy (non-hydrogen) atoms. The van der Waals surface area contributed by atoms with Gasteiger partial charge in [0.2, 0.25) is 0 Å². The third-order valence-corrected chi connectivity index (χ3v) is 7.17. The van der Waals surface area contributed by atoms with E-state index in [1.807, 2.05) is 29.7 Å². The minimum absolute atomic E-state index is 0.772. The standard InChI is InChI=1S/C19H12OS3/c1-12-4-2-5-14(12)15-7-8-16(22-15)18-10-13(11-20)19(23-18)17-6-3-9-21-17/h2-11H,1H2. The second kappa shape index (κ2) is 5.89. The van der Waals surface area contributed by atoms with Crippen LogP contribution >= 0.6 is 34.0 Å². The first kappa shape index (κ1) is 14.6. The molecule has 4 heteroatoms. The highest BCUT2D eigenvalue weighted by molar-refractivity contribution is 7.26. The van der Waals surface area contributed by atoms with E-state index in [0.717, 1.165) is 32.1 Å². The van der Waals surface area contributed by atoms with E-state index in [4.69, 9.17) is 0 Å². The maximum Gasteiger partial charge on any atom is 0.151 e. The van der Waals surface area contributed by atoms with E-state index in [-0.39, 0.29) is 0 Å². The lowest BCUT2D eigenvalue weighted by atomic mass is 10.1. The number of hydrogen-bond donors (Lipinski definition) is 0. The molecule has 0 atom stereocenters. The lowest BCUT2D eigenvalue weighted by Gasteiger charge is -1.98. The van der Waals surface area contributed by atoms with Crippen LogP contribution in [0.25, 0.3) is 25.1 Å². The summed E-state index contributed by atoms with van der Waals surface area (Å²) in [7, 11) is 0. The van der Waals surface area contributed by atoms with Gasteiger partial charge in [-0.2, -0.15) is 0 Å². The molecule has 0 spiro atoms. The third kappa shape index (κ3) is 2.59. The van der Waals surface area contributed by atoms with Gasteiger partial charge in [-0.1, -0.05) is 30.9 Å². The minimum Gasteiger partial charge on any atom is -0.298 e. The third-order valence-electron chi connectivity index (χ3n) is 3.65. The van der Waals surface area contributed by atoms with Crippen LogP contribution in [0.3, 0.4) is 0 Å². The van der Waals surface area contributed by atoms with Crippen LogP contribution < -0.4 is 0 Å². The van der Waals surface area contributed by atoms with Gasteiger partial charge < -0.3 is 0 Å². The van der Waals surface area contributed by atoms with Crippen molar-refractivity contribution in [2.75, 3.05) is 0 Å². The molecular formula is C19H12OS3. The fraction of sp³-hybridized carbons (Fsp3) is 0. The van der Waals surface area contributed by atoms with Crippen molar-refractivity contribution in [3.8, 4) is 19.5 Å². The molecule has 0 N–H and O–H groups in total. The predicted molar refractivity (Wildman–Crippen MR) is 103 cm³/mol. The van der Waals surface area contributed by atoms with Gasteiger partial charge in [-0.25, -0.2) is 0 Å². The molecule has 3 aromatic rings. The maximum atomic E-state index is 11.4. The van der Waals surface area contributed by atoms with Crippen LogP contribution in [0.4, 0.5) is 0 Å². The zero-order chi connectivity index (χ0) is 15.8. The summed E-state index contributed by atoms with van der Waals surface area (Å²) in [5.41, 5.74) is 3.01. The average Bonchev–Trinajstić information content (AvgIpc) is 3.32. The number of rotatable bonds is 4. The van der Waals surface area contributed by atoms with Crippen LogP contribution in [0, 0.1) is 0 Å². The van der Waals surface area contributed by atoms with Crippen molar-refractivity contribution in [3.63, 3.8) is 0 Å². The maximum absolute atomic E-state index is 11.4. The number of carbonyl (C=O) groups is 1. The van der Waals surface area contributed by atoms with Gasteiger partial charge in [-0.3, -0.25) is 4.79 Å². The van der Waals surface area contributed by atoms with Crippen LogP contribution in [0.1, 0.15) is 15.2 Å². The summed E-state index contributed by atoms with van der Waals surface area (Å²) in [4.78, 5) is 17.2. The molecule has 0 radical (unpaired) electrons. The van der Waals surface area contributed by atoms with Crippen LogP contribution in [-0.4, -0.2) is 6.29 Å². The van der Waals surface area contributed by atoms with Gasteiger partial charge >= 0.3 is 0 Å². The summed E-state index contributed by atoms with van der Waals surface area (Å²) in [6.45, 7) is 4.07. The summed E-state index contributed by atoms with van der Waals surface area (Å²) >= 11 is 5.10. The van der Waals surface area contributed by atoms with Crippen LogP contribution in [0.5, 0.6) is 0 Å². The fourth-order valence-corrected chi connectivity index (χ4v) is 5.68. The smallest absolute Gasteiger partial charge is 0.151 e. The molecule has 3 heterocycles. The summed E-state index contributed by atoms with van der Waals surface area (Å²) in [5.74, 6) is 0. The number of allylic oxidation sites excluding steroid dienone is 5. The summed E-state index contributed by atoms with van der Waals surface area (Å²) in [6, 6.07) is 10.3. The normalized spacial score (nSPS) is 13.6. The van der Waals surface area contributed by atoms with Crippen molar-refractivity contribution >= 4 is 45.9 Å². The molecule has 4 rings (SSSR count). The van der Waals surface area contributed by atoms with Gasteiger partial charge in [0.1, 0.15) is 0 Å². The molecule has 112 valence electrons. The quantitative estimate of drug-likeness (QED) is 0.488. The van der Waals surface area contributed by atoms with Gasteiger partial charge in [-0.05, 0) is 40.8 Å². The monoisotopic (exact) mass is 352 g/mol. The Bertz CT molecular complexity index is 949. The Morgan fingerprint density at radius 1 is 1.00 bits per heavy atom. The van der Waals surface area contributed by atoms with Gasteiger partial charge in [0, 0.05) is 25.1 Å². The van der Waals surface area contributed by atoms with Gasteiger partial charge in [0.05, 0.1) is 4.88 Å². The first-order valence-corrected chi connectivity index (χ1v) is 9.58. The molecule has 0 bridgehead atoms. The highest BCUT2D eigenvalue weighted by atomic mass is 32.1. The Kier molecular flexibility index (Phi) is 3.73. The average molecular weight is 353 g/mol. The Balaban J connectivity index is 1.73. The van der Waals surface area contributed by atoms with Crippen LogP contribution in [-0.2, 0) is 0 Å². The highest BCUT2D eigenvalue weighted by Crippen LogP contribution is 2.43. The first-order chi connectivity index (χ1) is 11.3. The van der Waals surface area contributed by atoms with Crippen molar-refractivity contribution < 1.29 is 4.79 Å². The number of aldehydes is 1. The Morgan fingerprint density at radius 2 is 1.87 bits per heavy atom. The van der Waals surface area contributed by atoms with Gasteiger partial charge in [0.15, 0.2) is 6.29 Å². The Labute approximate surface area is 146 Å². The lowest BCUT2D eigenvalue weighted by Crippen LogP contribution is -1.75. The zero-order valence-corrected chi connectivity index (χ0v) is 14.6. The van der Waals surface area contributed by atoms with E-state index in [1.165, 1.54) is 15.3 Å². The van der Waals surface area contributed by atoms with E-state index < -0.39 is 0 Å². The SMILES string of the molecule is C=C1C=CC=C1c1ccc(-c2cc(C=O)c(-c3cccs3)s2)s1. The highest BCUT2D eigenvalue weighted by Gasteiger charge is 2.16. The molecule has 3 aromatic heterocycles. The molecule has 0 saturated carbocycles. The summed E-state index contributed by atoms with van der Waals surface area (Å²) < 4.78 is 0. The lowest BCUT2D eigenvalue weighted by molar-refractivity contribution is 0.112. The van der Waals surface area contributed by atoms with E-state index in [0.29, 0.717) is 0 Å². The molecule has 1 nitrogen and oxygen atoms in total. The topological polar surface area (TPSA) is 17.1 Å². The summed E-state index contributed by atoms with van der Waals surface area (Å²) in [6.07, 6.45) is 7.11. The molecule has 0 fully saturated rings. The Morgan fingerprint density at radius 3 is 2.57 bits per heavy atom. The molecule has 0 amide bonds. The van der Waals surface area contributed by atoms with Crippen LogP contribution in [0.2, 0.25) is 0 Å². The second-order valence-electron chi connectivity index (χ2n) is 5.12. The number of hydrogen-bond acceptors (Lipinski definition) is 4. The molecule has 0 saturated heterocycles. The molecule has 0 unspecified atom stereocenters. The largest absolute Gasteiger partial charge is 0.298 e. The summed E-state index contributed by atoms with van der Waals surface area (Å²) in [5, 5.41) is 2.04. The van der Waals surface area contributed by atoms with Crippen molar-refractivity contribution in [1.29, 1.82) is 0 Å². The van der Waals surface area contributed by atoms with E-state index in [9.17, 15) is 4.79 Å². The van der Waals surface area contributed by atoms with Gasteiger partial charge in [-0.15, -0.1) is 34.0 Å². The molecule has 0 aliphatic heterocycles. The molecule has 0 aromatic carbocycles. The van der Waals surface area contributed by atoms with Crippen molar-refractivity contribution in [3.05, 3.63) is 76.5 Å². The van der Waals surface area contributed by atoms with E-state index in [1.54, 1.807) is 34.0 Å². The molecular weight excluding hydrogens is 340 g/mol. The predicted octanol–water partition coefficient (Wildman–Crippen LogP) is 6.53. The number of thiophene rings is 3. The van der Waals surface area contributed by atoms with Crippen molar-refractivity contribution in [2.24, 2.45) is 0 Å². The zero-order valence-electron chi connectivity index (χ0n) is 12.1. The van der Waals surface area contributed by atoms with E-state index >= 15 is 0 Å². The van der Waals surface area contributed by atoms with Gasteiger partial charge in [0.25, 0.3) is 0 Å². The molecule has 1 aliphatic rings. The fourth-order valence-electron chi connectivity index (χ4n) is 2.53. The van der Waals surface area contributed by atoms with E-state index in [2.05, 4.69) is 30.9 Å². The molecule has 1 aliphatic carbocycles. The van der Waals surface area contributed by atoms with Crippen molar-refractivity contribution in [2.45, 2.75) is 0 Å². The first-order valence-electron chi connectivity index (χ1n) is 7.07. The second-order valence-corrected chi connectivity index (χ2v) is 8.20. The Hall–Kier alpha value is -2.01. The van der Waals surface area contributed by atoms with Crippen molar-refractivity contribution in [1.82, 2.24) is 0 Å². The minimum atomic E-state index is 0.772.